The smallest absolute Gasteiger partial charge is 0.226 e. The van der Waals surface area contributed by atoms with Crippen LogP contribution in [0.1, 0.15) is 26.2 Å². The van der Waals surface area contributed by atoms with Crippen LogP contribution in [0.2, 0.25) is 0 Å². The summed E-state index contributed by atoms with van der Waals surface area (Å²) >= 11 is 0. The first-order valence-corrected chi connectivity index (χ1v) is 5.84. The number of rotatable bonds is 5. The molecule has 88 valence electrons. The summed E-state index contributed by atoms with van der Waals surface area (Å²) in [5, 5.41) is 8.86. The van der Waals surface area contributed by atoms with Gasteiger partial charge in [-0.25, -0.2) is 0 Å². The summed E-state index contributed by atoms with van der Waals surface area (Å²) in [6.07, 6.45) is 3.14. The second kappa shape index (κ2) is 6.08. The number of nitrogens with two attached hydrogens (primary N) is 1. The zero-order valence-corrected chi connectivity index (χ0v) is 9.48. The van der Waals surface area contributed by atoms with Gasteiger partial charge < -0.3 is 15.7 Å². The van der Waals surface area contributed by atoms with Gasteiger partial charge in [0, 0.05) is 19.0 Å². The second-order valence-electron chi connectivity index (χ2n) is 4.17. The van der Waals surface area contributed by atoms with Crippen molar-refractivity contribution in [3.8, 4) is 0 Å². The molecule has 1 fully saturated rings. The van der Waals surface area contributed by atoms with E-state index < -0.39 is 0 Å². The van der Waals surface area contributed by atoms with Crippen molar-refractivity contribution >= 4 is 5.91 Å². The lowest BCUT2D eigenvalue weighted by molar-refractivity contribution is -0.136. The van der Waals surface area contributed by atoms with Gasteiger partial charge in [0.15, 0.2) is 0 Å². The van der Waals surface area contributed by atoms with E-state index in [4.69, 9.17) is 10.8 Å². The molecule has 2 unspecified atom stereocenters. The lowest BCUT2D eigenvalue weighted by atomic mass is 9.95. The number of hydrogen-bond donors (Lipinski definition) is 2. The quantitative estimate of drug-likeness (QED) is 0.687. The fourth-order valence-electron chi connectivity index (χ4n) is 2.42. The number of amides is 1. The summed E-state index contributed by atoms with van der Waals surface area (Å²) < 4.78 is 0. The van der Waals surface area contributed by atoms with Crippen LogP contribution >= 0.6 is 0 Å². The van der Waals surface area contributed by atoms with Crippen molar-refractivity contribution < 1.29 is 9.90 Å². The van der Waals surface area contributed by atoms with Gasteiger partial charge in [0.25, 0.3) is 0 Å². The molecule has 1 saturated carbocycles. The summed E-state index contributed by atoms with van der Waals surface area (Å²) in [4.78, 5) is 13.8. The molecule has 0 aromatic heterocycles. The molecule has 4 nitrogen and oxygen atoms in total. The average molecular weight is 214 g/mol. The summed E-state index contributed by atoms with van der Waals surface area (Å²) in [5.41, 5.74) is 5.66. The first kappa shape index (κ1) is 12.5. The van der Waals surface area contributed by atoms with Crippen LogP contribution in [0, 0.1) is 11.8 Å². The molecule has 1 aliphatic rings. The molecule has 0 radical (unpaired) electrons. The maximum atomic E-state index is 12.1. The van der Waals surface area contributed by atoms with E-state index in [1.807, 2.05) is 6.92 Å². The monoisotopic (exact) mass is 214 g/mol. The van der Waals surface area contributed by atoms with Crippen LogP contribution < -0.4 is 5.73 Å². The van der Waals surface area contributed by atoms with Gasteiger partial charge >= 0.3 is 0 Å². The van der Waals surface area contributed by atoms with Gasteiger partial charge in [-0.15, -0.1) is 0 Å². The van der Waals surface area contributed by atoms with Gasteiger partial charge in [0.2, 0.25) is 5.91 Å². The van der Waals surface area contributed by atoms with E-state index in [9.17, 15) is 4.79 Å². The Morgan fingerprint density at radius 3 is 2.80 bits per heavy atom. The Bertz CT molecular complexity index is 209. The lowest BCUT2D eigenvalue weighted by Gasteiger charge is -2.26. The highest BCUT2D eigenvalue weighted by molar-refractivity contribution is 5.79. The van der Waals surface area contributed by atoms with Crippen molar-refractivity contribution in [3.63, 3.8) is 0 Å². The molecule has 0 spiro atoms. The normalized spacial score (nSPS) is 25.5. The lowest BCUT2D eigenvalue weighted by Crippen LogP contribution is -2.40. The third-order valence-electron chi connectivity index (χ3n) is 3.34. The molecule has 1 rings (SSSR count). The first-order valence-electron chi connectivity index (χ1n) is 5.84. The van der Waals surface area contributed by atoms with Crippen LogP contribution in [0.15, 0.2) is 0 Å². The molecule has 3 N–H and O–H groups in total. The Morgan fingerprint density at radius 2 is 2.27 bits per heavy atom. The fourth-order valence-corrected chi connectivity index (χ4v) is 2.42. The van der Waals surface area contributed by atoms with Gasteiger partial charge in [-0.05, 0) is 32.2 Å². The van der Waals surface area contributed by atoms with Crippen molar-refractivity contribution in [2.45, 2.75) is 26.2 Å². The van der Waals surface area contributed by atoms with Crippen LogP contribution in [0.3, 0.4) is 0 Å². The molecule has 1 amide bonds. The van der Waals surface area contributed by atoms with E-state index in [0.29, 0.717) is 25.6 Å². The van der Waals surface area contributed by atoms with Crippen LogP contribution in [0.5, 0.6) is 0 Å². The van der Waals surface area contributed by atoms with Gasteiger partial charge in [-0.1, -0.05) is 6.42 Å². The molecule has 0 aromatic rings. The van der Waals surface area contributed by atoms with Crippen molar-refractivity contribution in [2.24, 2.45) is 17.6 Å². The third kappa shape index (κ3) is 2.92. The average Bonchev–Trinajstić information content (AvgIpc) is 2.72. The number of likely N-dealkylation sites (N-methyl/N-ethyl adjacent to an activating group) is 1. The van der Waals surface area contributed by atoms with E-state index in [-0.39, 0.29) is 18.4 Å². The van der Waals surface area contributed by atoms with Crippen LogP contribution in [-0.2, 0) is 4.79 Å². The molecule has 0 heterocycles. The second-order valence-corrected chi connectivity index (χ2v) is 4.17. The van der Waals surface area contributed by atoms with Crippen molar-refractivity contribution in [1.82, 2.24) is 4.90 Å². The van der Waals surface area contributed by atoms with E-state index in [0.717, 1.165) is 19.3 Å². The Hall–Kier alpha value is -0.610. The molecule has 15 heavy (non-hydrogen) atoms. The molecular formula is C11H22N2O2. The van der Waals surface area contributed by atoms with Crippen LogP contribution in [0.4, 0.5) is 0 Å². The summed E-state index contributed by atoms with van der Waals surface area (Å²) in [6, 6.07) is 0. The fraction of sp³-hybridized carbons (Fsp3) is 0.909. The minimum Gasteiger partial charge on any atom is -0.395 e. The zero-order chi connectivity index (χ0) is 11.3. The van der Waals surface area contributed by atoms with E-state index in [1.54, 1.807) is 4.90 Å². The van der Waals surface area contributed by atoms with Gasteiger partial charge in [0.05, 0.1) is 6.61 Å². The minimum atomic E-state index is 0.0413. The highest BCUT2D eigenvalue weighted by Gasteiger charge is 2.33. The zero-order valence-electron chi connectivity index (χ0n) is 9.48. The molecule has 0 saturated heterocycles. The van der Waals surface area contributed by atoms with Crippen molar-refractivity contribution in [3.05, 3.63) is 0 Å². The van der Waals surface area contributed by atoms with Gasteiger partial charge in [-0.2, -0.15) is 0 Å². The highest BCUT2D eigenvalue weighted by Crippen LogP contribution is 2.32. The molecule has 1 aliphatic carbocycles. The number of nitrogens with zero attached hydrogens (tertiary/aromatic N) is 1. The number of aliphatic hydroxyl groups is 1. The Balaban J connectivity index is 2.56. The highest BCUT2D eigenvalue weighted by atomic mass is 16.3. The van der Waals surface area contributed by atoms with Crippen molar-refractivity contribution in [2.75, 3.05) is 26.2 Å². The predicted molar refractivity (Wildman–Crippen MR) is 59.2 cm³/mol. The van der Waals surface area contributed by atoms with E-state index in [2.05, 4.69) is 0 Å². The minimum absolute atomic E-state index is 0.0413. The van der Waals surface area contributed by atoms with Crippen LogP contribution in [-0.4, -0.2) is 42.2 Å². The number of carbonyl (C=O) groups is 1. The molecular weight excluding hydrogens is 192 g/mol. The Kier molecular flexibility index (Phi) is 5.05. The SMILES string of the molecule is CCN(CCO)C(=O)C1CCCC1CN. The summed E-state index contributed by atoms with van der Waals surface area (Å²) in [5.74, 6) is 0.631. The van der Waals surface area contributed by atoms with Gasteiger partial charge in [-0.3, -0.25) is 4.79 Å². The third-order valence-corrected chi connectivity index (χ3v) is 3.34. The largest absolute Gasteiger partial charge is 0.395 e. The topological polar surface area (TPSA) is 66.6 Å². The molecule has 0 aliphatic heterocycles. The van der Waals surface area contributed by atoms with Gasteiger partial charge in [0.1, 0.15) is 0 Å². The number of hydrogen-bond acceptors (Lipinski definition) is 3. The molecule has 4 heteroatoms. The maximum Gasteiger partial charge on any atom is 0.226 e. The molecule has 0 aromatic carbocycles. The summed E-state index contributed by atoms with van der Waals surface area (Å²) in [6.45, 7) is 3.71. The maximum absolute atomic E-state index is 12.1. The first-order chi connectivity index (χ1) is 7.24. The molecule has 2 atom stereocenters. The molecule has 0 bridgehead atoms. The number of carbonyl (C=O) groups excluding carboxylic acids is 1. The summed E-state index contributed by atoms with van der Waals surface area (Å²) in [7, 11) is 0. The predicted octanol–water partition coefficient (Wildman–Crippen LogP) is 0.202. The van der Waals surface area contributed by atoms with Crippen molar-refractivity contribution in [1.29, 1.82) is 0 Å². The standard InChI is InChI=1S/C11H22N2O2/c1-2-13(6-7-14)11(15)10-5-3-4-9(10)8-12/h9-10,14H,2-8,12H2,1H3. The van der Waals surface area contributed by atoms with E-state index >= 15 is 0 Å². The van der Waals surface area contributed by atoms with E-state index in [1.165, 1.54) is 0 Å². The van der Waals surface area contributed by atoms with Crippen LogP contribution in [0.25, 0.3) is 0 Å². The Morgan fingerprint density at radius 1 is 1.53 bits per heavy atom. The Labute approximate surface area is 91.4 Å². The number of aliphatic hydroxyl groups excluding tert-OH is 1.